The summed E-state index contributed by atoms with van der Waals surface area (Å²) in [6.07, 6.45) is 2.32. The Kier molecular flexibility index (Phi) is 4.18. The molecule has 0 aromatic heterocycles. The van der Waals surface area contributed by atoms with E-state index in [1.54, 1.807) is 12.1 Å². The molecule has 0 spiro atoms. The molecule has 1 aromatic rings. The van der Waals surface area contributed by atoms with Gasteiger partial charge in [0.15, 0.2) is 0 Å². The molecule has 0 saturated heterocycles. The molecule has 104 valence electrons. The number of rotatable bonds is 7. The highest BCUT2D eigenvalue weighted by molar-refractivity contribution is 7.87. The van der Waals surface area contributed by atoms with Crippen molar-refractivity contribution in [3.05, 3.63) is 35.4 Å². The van der Waals surface area contributed by atoms with Crippen LogP contribution in [0.3, 0.4) is 0 Å². The van der Waals surface area contributed by atoms with Crippen molar-refractivity contribution in [1.82, 2.24) is 9.44 Å². The predicted octanol–water partition coefficient (Wildman–Crippen LogP) is 0.514. The van der Waals surface area contributed by atoms with E-state index >= 15 is 0 Å². The third kappa shape index (κ3) is 4.62. The average Bonchev–Trinajstić information content (AvgIpc) is 3.12. The van der Waals surface area contributed by atoms with Gasteiger partial charge in [0.05, 0.1) is 5.56 Å². The molecule has 0 heterocycles. The van der Waals surface area contributed by atoms with Crippen LogP contribution in [0.2, 0.25) is 0 Å². The standard InChI is InChI=1S/C12H16N2O4S/c15-12(16)10-3-1-9(2-4-10)7-8-13-19(17,18)14-11-5-6-11/h1-4,11,13-14H,5-8H2,(H,15,16). The van der Waals surface area contributed by atoms with Crippen LogP contribution in [-0.2, 0) is 16.6 Å². The first-order chi connectivity index (χ1) is 8.96. The molecule has 19 heavy (non-hydrogen) atoms. The Morgan fingerprint density at radius 2 is 1.89 bits per heavy atom. The van der Waals surface area contributed by atoms with Crippen molar-refractivity contribution in [3.63, 3.8) is 0 Å². The first-order valence-electron chi connectivity index (χ1n) is 6.05. The van der Waals surface area contributed by atoms with E-state index in [0.29, 0.717) is 6.42 Å². The largest absolute Gasteiger partial charge is 0.478 e. The van der Waals surface area contributed by atoms with E-state index in [2.05, 4.69) is 9.44 Å². The van der Waals surface area contributed by atoms with E-state index in [-0.39, 0.29) is 18.2 Å². The Balaban J connectivity index is 1.80. The van der Waals surface area contributed by atoms with Crippen LogP contribution in [0.15, 0.2) is 24.3 Å². The van der Waals surface area contributed by atoms with Gasteiger partial charge in [-0.1, -0.05) is 12.1 Å². The maximum absolute atomic E-state index is 11.5. The molecule has 1 aliphatic rings. The van der Waals surface area contributed by atoms with Gasteiger partial charge >= 0.3 is 5.97 Å². The quantitative estimate of drug-likeness (QED) is 0.680. The third-order valence-corrected chi connectivity index (χ3v) is 4.03. The van der Waals surface area contributed by atoms with E-state index in [0.717, 1.165) is 18.4 Å². The number of carboxylic acids is 1. The number of carbonyl (C=O) groups is 1. The van der Waals surface area contributed by atoms with Crippen molar-refractivity contribution in [2.45, 2.75) is 25.3 Å². The van der Waals surface area contributed by atoms with E-state index in [1.165, 1.54) is 12.1 Å². The molecular formula is C12H16N2O4S. The van der Waals surface area contributed by atoms with Gasteiger partial charge in [-0.2, -0.15) is 13.1 Å². The van der Waals surface area contributed by atoms with Crippen LogP contribution >= 0.6 is 0 Å². The lowest BCUT2D eigenvalue weighted by Crippen LogP contribution is -2.38. The second-order valence-corrected chi connectivity index (χ2v) is 6.07. The van der Waals surface area contributed by atoms with Gasteiger partial charge in [0.1, 0.15) is 0 Å². The molecule has 0 bridgehead atoms. The SMILES string of the molecule is O=C(O)c1ccc(CCNS(=O)(=O)NC2CC2)cc1. The molecule has 3 N–H and O–H groups in total. The lowest BCUT2D eigenvalue weighted by Gasteiger charge is -2.07. The summed E-state index contributed by atoms with van der Waals surface area (Å²) in [6.45, 7) is 0.286. The number of hydrogen-bond acceptors (Lipinski definition) is 3. The van der Waals surface area contributed by atoms with E-state index in [1.807, 2.05) is 0 Å². The Morgan fingerprint density at radius 1 is 1.26 bits per heavy atom. The maximum Gasteiger partial charge on any atom is 0.335 e. The molecule has 1 aliphatic carbocycles. The van der Waals surface area contributed by atoms with E-state index < -0.39 is 16.2 Å². The number of carboxylic acid groups (broad SMARTS) is 1. The maximum atomic E-state index is 11.5. The molecule has 1 aromatic carbocycles. The third-order valence-electron chi connectivity index (χ3n) is 2.81. The van der Waals surface area contributed by atoms with Crippen LogP contribution in [0.4, 0.5) is 0 Å². The van der Waals surface area contributed by atoms with Crippen molar-refractivity contribution in [2.75, 3.05) is 6.54 Å². The molecule has 0 radical (unpaired) electrons. The van der Waals surface area contributed by atoms with Crippen molar-refractivity contribution in [1.29, 1.82) is 0 Å². The minimum Gasteiger partial charge on any atom is -0.478 e. The highest BCUT2D eigenvalue weighted by Crippen LogP contribution is 2.19. The molecule has 0 amide bonds. The molecule has 6 nitrogen and oxygen atoms in total. The van der Waals surface area contributed by atoms with Crippen LogP contribution in [0.25, 0.3) is 0 Å². The van der Waals surface area contributed by atoms with Crippen LogP contribution < -0.4 is 9.44 Å². The second kappa shape index (κ2) is 5.68. The predicted molar refractivity (Wildman–Crippen MR) is 70.2 cm³/mol. The minimum absolute atomic E-state index is 0.0901. The molecule has 0 aliphatic heterocycles. The Labute approximate surface area is 112 Å². The van der Waals surface area contributed by atoms with Gasteiger partial charge in [-0.25, -0.2) is 9.52 Å². The fourth-order valence-corrected chi connectivity index (χ4v) is 2.73. The summed E-state index contributed by atoms with van der Waals surface area (Å²) in [5.41, 5.74) is 1.11. The minimum atomic E-state index is -3.40. The summed E-state index contributed by atoms with van der Waals surface area (Å²) in [5.74, 6) is -0.971. The monoisotopic (exact) mass is 284 g/mol. The summed E-state index contributed by atoms with van der Waals surface area (Å²) in [7, 11) is -3.40. The zero-order valence-corrected chi connectivity index (χ0v) is 11.1. The van der Waals surface area contributed by atoms with Crippen LogP contribution in [0.5, 0.6) is 0 Å². The number of nitrogens with one attached hydrogen (secondary N) is 2. The first-order valence-corrected chi connectivity index (χ1v) is 7.54. The molecule has 2 rings (SSSR count). The fraction of sp³-hybridized carbons (Fsp3) is 0.417. The van der Waals surface area contributed by atoms with Gasteiger partial charge in [-0.15, -0.1) is 0 Å². The van der Waals surface area contributed by atoms with Crippen LogP contribution in [0.1, 0.15) is 28.8 Å². The summed E-state index contributed by atoms with van der Waals surface area (Å²) >= 11 is 0. The number of benzene rings is 1. The summed E-state index contributed by atoms with van der Waals surface area (Å²) in [6, 6.07) is 6.48. The Hall–Kier alpha value is -1.44. The fourth-order valence-electron chi connectivity index (χ4n) is 1.61. The van der Waals surface area contributed by atoms with Gasteiger partial charge in [0.25, 0.3) is 10.2 Å². The van der Waals surface area contributed by atoms with Gasteiger partial charge < -0.3 is 5.11 Å². The average molecular weight is 284 g/mol. The molecule has 0 atom stereocenters. The van der Waals surface area contributed by atoms with Crippen molar-refractivity contribution >= 4 is 16.2 Å². The smallest absolute Gasteiger partial charge is 0.335 e. The molecule has 1 fully saturated rings. The molecule has 1 saturated carbocycles. The second-order valence-electron chi connectivity index (χ2n) is 4.54. The first kappa shape index (κ1) is 14.0. The van der Waals surface area contributed by atoms with Gasteiger partial charge in [-0.3, -0.25) is 0 Å². The number of hydrogen-bond donors (Lipinski definition) is 3. The van der Waals surface area contributed by atoms with E-state index in [4.69, 9.17) is 5.11 Å². The highest BCUT2D eigenvalue weighted by Gasteiger charge is 2.26. The lowest BCUT2D eigenvalue weighted by molar-refractivity contribution is 0.0697. The van der Waals surface area contributed by atoms with Crippen molar-refractivity contribution in [2.24, 2.45) is 0 Å². The lowest BCUT2D eigenvalue weighted by atomic mass is 10.1. The Bertz CT molecular complexity index is 550. The topological polar surface area (TPSA) is 95.5 Å². The molecule has 7 heteroatoms. The summed E-state index contributed by atoms with van der Waals surface area (Å²) < 4.78 is 28.0. The highest BCUT2D eigenvalue weighted by atomic mass is 32.2. The normalized spacial score (nSPS) is 15.4. The van der Waals surface area contributed by atoms with Gasteiger partial charge in [-0.05, 0) is 37.0 Å². The van der Waals surface area contributed by atoms with Crippen LogP contribution in [-0.4, -0.2) is 32.1 Å². The number of aromatic carboxylic acids is 1. The molecule has 0 unspecified atom stereocenters. The zero-order valence-electron chi connectivity index (χ0n) is 10.3. The van der Waals surface area contributed by atoms with Crippen molar-refractivity contribution in [3.8, 4) is 0 Å². The molecular weight excluding hydrogens is 268 g/mol. The summed E-state index contributed by atoms with van der Waals surface area (Å²) in [4.78, 5) is 10.7. The van der Waals surface area contributed by atoms with Gasteiger partial charge in [0.2, 0.25) is 0 Å². The van der Waals surface area contributed by atoms with Gasteiger partial charge in [0, 0.05) is 12.6 Å². The van der Waals surface area contributed by atoms with Crippen LogP contribution in [0, 0.1) is 0 Å². The van der Waals surface area contributed by atoms with Crippen molar-refractivity contribution < 1.29 is 18.3 Å². The Morgan fingerprint density at radius 3 is 2.42 bits per heavy atom. The summed E-state index contributed by atoms with van der Waals surface area (Å²) in [5, 5.41) is 8.75. The zero-order chi connectivity index (χ0) is 13.9. The van der Waals surface area contributed by atoms with E-state index in [9.17, 15) is 13.2 Å².